The molecule has 1 heterocycles. The molecule has 1 aliphatic rings. The molecule has 1 unspecified atom stereocenters. The molecule has 0 saturated carbocycles. The largest absolute Gasteiger partial charge is 0.355 e. The van der Waals surface area contributed by atoms with Gasteiger partial charge in [-0.05, 0) is 11.6 Å². The van der Waals surface area contributed by atoms with Crippen molar-refractivity contribution in [2.24, 2.45) is 0 Å². The van der Waals surface area contributed by atoms with Gasteiger partial charge in [-0.15, -0.1) is 0 Å². The van der Waals surface area contributed by atoms with E-state index in [1.165, 1.54) is 6.07 Å². The fraction of sp³-hybridized carbons (Fsp3) is 0.364. The zero-order valence-corrected chi connectivity index (χ0v) is 8.34. The van der Waals surface area contributed by atoms with Crippen molar-refractivity contribution < 1.29 is 18.0 Å². The summed E-state index contributed by atoms with van der Waals surface area (Å²) >= 11 is 0. The zero-order chi connectivity index (χ0) is 11.7. The van der Waals surface area contributed by atoms with E-state index in [2.05, 4.69) is 5.32 Å². The fourth-order valence-corrected chi connectivity index (χ4v) is 1.82. The Hall–Kier alpha value is -1.52. The molecule has 1 saturated heterocycles. The van der Waals surface area contributed by atoms with E-state index < -0.39 is 17.8 Å². The number of carbonyl (C=O) groups is 1. The number of hydrogen-bond acceptors (Lipinski definition) is 1. The molecule has 16 heavy (non-hydrogen) atoms. The molecule has 1 aromatic carbocycles. The number of carbonyl (C=O) groups excluding carboxylic acids is 1. The van der Waals surface area contributed by atoms with Crippen LogP contribution >= 0.6 is 0 Å². The summed E-state index contributed by atoms with van der Waals surface area (Å²) in [6.07, 6.45) is -2.52. The molecule has 0 aliphatic carbocycles. The predicted octanol–water partition coefficient (Wildman–Crippen LogP) is 2.37. The van der Waals surface area contributed by atoms with Crippen molar-refractivity contribution in [2.45, 2.75) is 18.8 Å². The van der Waals surface area contributed by atoms with E-state index in [-0.39, 0.29) is 18.2 Å². The molecule has 2 rings (SSSR count). The van der Waals surface area contributed by atoms with Gasteiger partial charge in [0.1, 0.15) is 5.82 Å². The van der Waals surface area contributed by atoms with Crippen LogP contribution in [-0.2, 0) is 4.79 Å². The minimum absolute atomic E-state index is 0.0941. The summed E-state index contributed by atoms with van der Waals surface area (Å²) in [5.74, 6) is -1.12. The molecule has 0 aromatic heterocycles. The first-order valence-corrected chi connectivity index (χ1v) is 4.92. The van der Waals surface area contributed by atoms with E-state index in [0.29, 0.717) is 12.1 Å². The van der Waals surface area contributed by atoms with Gasteiger partial charge < -0.3 is 5.32 Å². The quantitative estimate of drug-likeness (QED) is 0.828. The minimum Gasteiger partial charge on any atom is -0.355 e. The highest BCUT2D eigenvalue weighted by Crippen LogP contribution is 2.28. The fourth-order valence-electron chi connectivity index (χ4n) is 1.82. The van der Waals surface area contributed by atoms with E-state index in [1.807, 2.05) is 0 Å². The summed E-state index contributed by atoms with van der Waals surface area (Å²) in [5.41, 5.74) is -0.0127. The van der Waals surface area contributed by atoms with E-state index in [1.54, 1.807) is 0 Å². The molecule has 86 valence electrons. The van der Waals surface area contributed by atoms with Gasteiger partial charge in [0.2, 0.25) is 5.91 Å². The van der Waals surface area contributed by atoms with Crippen LogP contribution in [0.2, 0.25) is 0 Å². The zero-order valence-electron chi connectivity index (χ0n) is 8.34. The van der Waals surface area contributed by atoms with Gasteiger partial charge in [0, 0.05) is 18.9 Å². The van der Waals surface area contributed by atoms with Gasteiger partial charge in [-0.25, -0.2) is 13.2 Å². The Morgan fingerprint density at radius 3 is 2.62 bits per heavy atom. The van der Waals surface area contributed by atoms with Crippen molar-refractivity contribution in [3.63, 3.8) is 0 Å². The standard InChI is InChI=1S/C11H10F3NO/c12-9-3-6(1-2-8(9)11(13)14)7-4-10(16)15-5-7/h1-3,7,11H,4-5H2,(H,15,16). The maximum Gasteiger partial charge on any atom is 0.266 e. The normalized spacial score (nSPS) is 20.2. The number of amides is 1. The maximum absolute atomic E-state index is 13.3. The SMILES string of the molecule is O=C1CC(c2ccc(C(F)F)c(F)c2)CN1. The monoisotopic (exact) mass is 229 g/mol. The molecule has 1 aromatic rings. The van der Waals surface area contributed by atoms with Crippen molar-refractivity contribution in [2.75, 3.05) is 6.54 Å². The first kappa shape index (κ1) is 11.0. The van der Waals surface area contributed by atoms with Crippen LogP contribution in [0.5, 0.6) is 0 Å². The van der Waals surface area contributed by atoms with E-state index in [0.717, 1.165) is 12.1 Å². The lowest BCUT2D eigenvalue weighted by Gasteiger charge is -2.09. The molecule has 0 radical (unpaired) electrons. The summed E-state index contributed by atoms with van der Waals surface area (Å²) < 4.78 is 37.9. The summed E-state index contributed by atoms with van der Waals surface area (Å²) in [6.45, 7) is 0.437. The Balaban J connectivity index is 2.24. The second-order valence-electron chi connectivity index (χ2n) is 3.79. The molecule has 1 amide bonds. The van der Waals surface area contributed by atoms with E-state index in [9.17, 15) is 18.0 Å². The summed E-state index contributed by atoms with van der Waals surface area (Å²) in [4.78, 5) is 11.0. The average molecular weight is 229 g/mol. The highest BCUT2D eigenvalue weighted by Gasteiger charge is 2.24. The van der Waals surface area contributed by atoms with Gasteiger partial charge in [-0.3, -0.25) is 4.79 Å². The molecule has 5 heteroatoms. The third kappa shape index (κ3) is 2.03. The van der Waals surface area contributed by atoms with Gasteiger partial charge in [0.05, 0.1) is 5.56 Å². The van der Waals surface area contributed by atoms with Crippen molar-refractivity contribution in [3.05, 3.63) is 35.1 Å². The van der Waals surface area contributed by atoms with Gasteiger partial charge in [0.15, 0.2) is 0 Å². The Kier molecular flexibility index (Phi) is 2.85. The molecule has 2 nitrogen and oxygen atoms in total. The lowest BCUT2D eigenvalue weighted by atomic mass is 9.97. The van der Waals surface area contributed by atoms with Gasteiger partial charge in [-0.1, -0.05) is 12.1 Å². The smallest absolute Gasteiger partial charge is 0.266 e. The van der Waals surface area contributed by atoms with Crippen LogP contribution in [0.3, 0.4) is 0 Å². The third-order valence-electron chi connectivity index (χ3n) is 2.71. The van der Waals surface area contributed by atoms with Crippen LogP contribution < -0.4 is 5.32 Å². The van der Waals surface area contributed by atoms with Crippen molar-refractivity contribution in [1.29, 1.82) is 0 Å². The molecule has 0 bridgehead atoms. The highest BCUT2D eigenvalue weighted by molar-refractivity contribution is 5.79. The van der Waals surface area contributed by atoms with Crippen molar-refractivity contribution in [3.8, 4) is 0 Å². The van der Waals surface area contributed by atoms with Crippen LogP contribution in [0.25, 0.3) is 0 Å². The van der Waals surface area contributed by atoms with Crippen LogP contribution in [0, 0.1) is 5.82 Å². The molecule has 1 atom stereocenters. The van der Waals surface area contributed by atoms with Crippen LogP contribution in [-0.4, -0.2) is 12.5 Å². The minimum atomic E-state index is -2.81. The number of rotatable bonds is 2. The summed E-state index contributed by atoms with van der Waals surface area (Å²) in [5, 5.41) is 2.62. The lowest BCUT2D eigenvalue weighted by Crippen LogP contribution is -2.13. The molecule has 0 spiro atoms. The molecule has 1 aliphatic heterocycles. The predicted molar refractivity (Wildman–Crippen MR) is 51.7 cm³/mol. The van der Waals surface area contributed by atoms with E-state index in [4.69, 9.17) is 0 Å². The van der Waals surface area contributed by atoms with Gasteiger partial charge in [0.25, 0.3) is 6.43 Å². The Morgan fingerprint density at radius 1 is 1.38 bits per heavy atom. The van der Waals surface area contributed by atoms with Crippen molar-refractivity contribution >= 4 is 5.91 Å². The second kappa shape index (κ2) is 4.15. The number of alkyl halides is 2. The van der Waals surface area contributed by atoms with Gasteiger partial charge >= 0.3 is 0 Å². The topological polar surface area (TPSA) is 29.1 Å². The second-order valence-corrected chi connectivity index (χ2v) is 3.79. The van der Waals surface area contributed by atoms with Crippen molar-refractivity contribution in [1.82, 2.24) is 5.32 Å². The van der Waals surface area contributed by atoms with E-state index >= 15 is 0 Å². The van der Waals surface area contributed by atoms with Gasteiger partial charge in [-0.2, -0.15) is 0 Å². The first-order valence-electron chi connectivity index (χ1n) is 4.92. The third-order valence-corrected chi connectivity index (χ3v) is 2.71. The maximum atomic E-state index is 13.3. The number of hydrogen-bond donors (Lipinski definition) is 1. The summed E-state index contributed by atoms with van der Waals surface area (Å²) in [7, 11) is 0. The van der Waals surface area contributed by atoms with Crippen LogP contribution in [0.1, 0.15) is 29.9 Å². The Bertz CT molecular complexity index is 420. The molecule has 1 fully saturated rings. The molecular weight excluding hydrogens is 219 g/mol. The number of nitrogens with one attached hydrogen (secondary N) is 1. The highest BCUT2D eigenvalue weighted by atomic mass is 19.3. The lowest BCUT2D eigenvalue weighted by molar-refractivity contribution is -0.119. The average Bonchev–Trinajstić information content (AvgIpc) is 2.64. The van der Waals surface area contributed by atoms with Crippen LogP contribution in [0.15, 0.2) is 18.2 Å². The Morgan fingerprint density at radius 2 is 2.12 bits per heavy atom. The number of halogens is 3. The Labute approximate surface area is 90.5 Å². The van der Waals surface area contributed by atoms with Crippen LogP contribution in [0.4, 0.5) is 13.2 Å². The molecule has 1 N–H and O–H groups in total. The summed E-state index contributed by atoms with van der Waals surface area (Å²) in [6, 6.07) is 3.63. The number of benzene rings is 1. The molecular formula is C11H10F3NO. The first-order chi connectivity index (χ1) is 7.58.